The molecule has 3 nitrogen and oxygen atoms in total. The number of unbranched alkanes of at least 4 members (excludes halogenated alkanes) is 1. The number of benzene rings is 1. The predicted molar refractivity (Wildman–Crippen MR) is 84.6 cm³/mol. The van der Waals surface area contributed by atoms with E-state index in [0.717, 1.165) is 12.2 Å². The van der Waals surface area contributed by atoms with Gasteiger partial charge in [-0.2, -0.15) is 0 Å². The third kappa shape index (κ3) is 4.57. The Balaban J connectivity index is 1.97. The summed E-state index contributed by atoms with van der Waals surface area (Å²) in [5.41, 5.74) is 2.02. The molecule has 0 aliphatic carbocycles. The minimum absolute atomic E-state index is 0.503. The highest BCUT2D eigenvalue weighted by Crippen LogP contribution is 2.23. The molecular weight excluding hydrogens is 262 g/mol. The van der Waals surface area contributed by atoms with Gasteiger partial charge in [0.15, 0.2) is 0 Å². The molecule has 1 heterocycles. The number of nitrogens with zero attached hydrogens (tertiary/aromatic N) is 1. The molecule has 1 N–H and O–H groups in total. The monoisotopic (exact) mass is 285 g/mol. The van der Waals surface area contributed by atoms with Crippen LogP contribution >= 0.6 is 0 Å². The Bertz CT molecular complexity index is 534. The summed E-state index contributed by atoms with van der Waals surface area (Å²) in [5.74, 6) is 1.49. The molecule has 3 heteroatoms. The zero-order chi connectivity index (χ0) is 15.1. The van der Waals surface area contributed by atoms with Gasteiger partial charge < -0.3 is 9.84 Å². The number of aliphatic hydroxyl groups is 1. The van der Waals surface area contributed by atoms with Crippen molar-refractivity contribution in [3.8, 4) is 11.5 Å². The minimum Gasteiger partial charge on any atom is -0.456 e. The Hall–Kier alpha value is -1.87. The molecule has 112 valence electrons. The van der Waals surface area contributed by atoms with Crippen LogP contribution in [0.4, 0.5) is 0 Å². The Kier molecular flexibility index (Phi) is 5.76. The average Bonchev–Trinajstić information content (AvgIpc) is 2.54. The van der Waals surface area contributed by atoms with Crippen LogP contribution in [0, 0.1) is 0 Å². The molecule has 2 rings (SSSR count). The summed E-state index contributed by atoms with van der Waals surface area (Å²) in [6.07, 6.45) is 5.34. The number of rotatable bonds is 7. The Morgan fingerprint density at radius 2 is 1.76 bits per heavy atom. The van der Waals surface area contributed by atoms with Gasteiger partial charge in [0.05, 0.1) is 18.0 Å². The molecule has 1 aromatic heterocycles. The molecule has 0 spiro atoms. The van der Waals surface area contributed by atoms with Crippen LogP contribution in [0.5, 0.6) is 11.5 Å². The molecule has 0 saturated heterocycles. The number of hydrogen-bond acceptors (Lipinski definition) is 3. The Labute approximate surface area is 126 Å². The fourth-order valence-corrected chi connectivity index (χ4v) is 2.10. The summed E-state index contributed by atoms with van der Waals surface area (Å²) in [5, 5.41) is 9.71. The van der Waals surface area contributed by atoms with Gasteiger partial charge in [-0.3, -0.25) is 4.98 Å². The van der Waals surface area contributed by atoms with E-state index in [2.05, 4.69) is 24.0 Å². The van der Waals surface area contributed by atoms with Crippen LogP contribution in [-0.2, 0) is 6.42 Å². The van der Waals surface area contributed by atoms with Crippen LogP contribution in [0.25, 0.3) is 0 Å². The fraction of sp³-hybridized carbons (Fsp3) is 0.389. The second kappa shape index (κ2) is 7.79. The Morgan fingerprint density at radius 1 is 1.05 bits per heavy atom. The topological polar surface area (TPSA) is 42.4 Å². The molecule has 1 aromatic carbocycles. The molecule has 0 saturated carbocycles. The quantitative estimate of drug-likeness (QED) is 0.804. The van der Waals surface area contributed by atoms with Crippen molar-refractivity contribution in [1.29, 1.82) is 0 Å². The minimum atomic E-state index is -0.503. The molecular formula is C18H23NO2. The number of aryl methyl sites for hydroxylation is 1. The summed E-state index contributed by atoms with van der Waals surface area (Å²) < 4.78 is 5.76. The maximum Gasteiger partial charge on any atom is 0.145 e. The van der Waals surface area contributed by atoms with Gasteiger partial charge in [-0.15, -0.1) is 0 Å². The van der Waals surface area contributed by atoms with Gasteiger partial charge in [0.1, 0.15) is 11.5 Å². The number of aromatic nitrogens is 1. The van der Waals surface area contributed by atoms with E-state index in [1.54, 1.807) is 12.3 Å². The Morgan fingerprint density at radius 3 is 2.33 bits per heavy atom. The molecule has 1 atom stereocenters. The van der Waals surface area contributed by atoms with E-state index in [1.807, 2.05) is 25.1 Å². The molecule has 0 bridgehead atoms. The highest BCUT2D eigenvalue weighted by Gasteiger charge is 2.06. The van der Waals surface area contributed by atoms with Crippen molar-refractivity contribution in [2.45, 2.75) is 45.6 Å². The van der Waals surface area contributed by atoms with E-state index in [1.165, 1.54) is 18.4 Å². The van der Waals surface area contributed by atoms with Gasteiger partial charge in [0.2, 0.25) is 0 Å². The van der Waals surface area contributed by atoms with Gasteiger partial charge in [-0.1, -0.05) is 32.4 Å². The van der Waals surface area contributed by atoms with E-state index in [4.69, 9.17) is 4.74 Å². The lowest BCUT2D eigenvalue weighted by molar-refractivity contribution is 0.169. The van der Waals surface area contributed by atoms with Crippen molar-refractivity contribution in [1.82, 2.24) is 4.98 Å². The van der Waals surface area contributed by atoms with Gasteiger partial charge in [0, 0.05) is 0 Å². The normalized spacial score (nSPS) is 12.1. The van der Waals surface area contributed by atoms with Crippen molar-refractivity contribution in [3.05, 3.63) is 53.9 Å². The first-order chi connectivity index (χ1) is 10.2. The smallest absolute Gasteiger partial charge is 0.145 e. The lowest BCUT2D eigenvalue weighted by Crippen LogP contribution is -1.98. The third-order valence-corrected chi connectivity index (χ3v) is 3.47. The summed E-state index contributed by atoms with van der Waals surface area (Å²) >= 11 is 0. The molecule has 2 aromatic rings. The molecule has 0 unspecified atom stereocenters. The van der Waals surface area contributed by atoms with Crippen molar-refractivity contribution in [2.75, 3.05) is 0 Å². The van der Waals surface area contributed by atoms with Crippen molar-refractivity contribution in [2.24, 2.45) is 0 Å². The van der Waals surface area contributed by atoms with Crippen LogP contribution in [0.2, 0.25) is 0 Å². The summed E-state index contributed by atoms with van der Waals surface area (Å²) in [4.78, 5) is 4.23. The predicted octanol–water partition coefficient (Wildman–Crippen LogP) is 4.66. The highest BCUT2D eigenvalue weighted by atomic mass is 16.5. The zero-order valence-corrected chi connectivity index (χ0v) is 12.7. The van der Waals surface area contributed by atoms with E-state index in [9.17, 15) is 5.11 Å². The van der Waals surface area contributed by atoms with Crippen molar-refractivity contribution in [3.63, 3.8) is 0 Å². The first-order valence-corrected chi connectivity index (χ1v) is 7.63. The van der Waals surface area contributed by atoms with Gasteiger partial charge in [-0.05, 0) is 49.1 Å². The van der Waals surface area contributed by atoms with E-state index >= 15 is 0 Å². The van der Waals surface area contributed by atoms with Gasteiger partial charge >= 0.3 is 0 Å². The largest absolute Gasteiger partial charge is 0.456 e. The number of hydrogen-bond donors (Lipinski definition) is 1. The van der Waals surface area contributed by atoms with E-state index < -0.39 is 6.10 Å². The SMILES string of the molecule is CCCCc1ccc(Oc2ccc([C@H](O)CC)nc2)cc1. The average molecular weight is 285 g/mol. The van der Waals surface area contributed by atoms with Crippen LogP contribution in [0.15, 0.2) is 42.6 Å². The third-order valence-electron chi connectivity index (χ3n) is 3.47. The maximum absolute atomic E-state index is 9.71. The van der Waals surface area contributed by atoms with Crippen molar-refractivity contribution >= 4 is 0 Å². The summed E-state index contributed by atoms with van der Waals surface area (Å²) in [6.45, 7) is 4.13. The number of ether oxygens (including phenoxy) is 1. The maximum atomic E-state index is 9.71. The number of pyridine rings is 1. The molecule has 0 aliphatic rings. The molecule has 21 heavy (non-hydrogen) atoms. The van der Waals surface area contributed by atoms with Gasteiger partial charge in [-0.25, -0.2) is 0 Å². The molecule has 0 aliphatic heterocycles. The zero-order valence-electron chi connectivity index (χ0n) is 12.7. The summed E-state index contributed by atoms with van der Waals surface area (Å²) in [6, 6.07) is 11.8. The first kappa shape index (κ1) is 15.5. The molecule has 0 amide bonds. The van der Waals surface area contributed by atoms with Crippen LogP contribution in [0.1, 0.15) is 50.5 Å². The van der Waals surface area contributed by atoms with Crippen LogP contribution in [-0.4, -0.2) is 10.1 Å². The second-order valence-electron chi connectivity index (χ2n) is 5.19. The lowest BCUT2D eigenvalue weighted by atomic mass is 10.1. The van der Waals surface area contributed by atoms with Crippen LogP contribution in [0.3, 0.4) is 0 Å². The van der Waals surface area contributed by atoms with E-state index in [-0.39, 0.29) is 0 Å². The second-order valence-corrected chi connectivity index (χ2v) is 5.19. The molecule has 0 radical (unpaired) electrons. The van der Waals surface area contributed by atoms with Crippen LogP contribution < -0.4 is 4.74 Å². The lowest BCUT2D eigenvalue weighted by Gasteiger charge is -2.09. The van der Waals surface area contributed by atoms with E-state index in [0.29, 0.717) is 17.9 Å². The summed E-state index contributed by atoms with van der Waals surface area (Å²) in [7, 11) is 0. The molecule has 0 fully saturated rings. The first-order valence-electron chi connectivity index (χ1n) is 7.63. The number of aliphatic hydroxyl groups excluding tert-OH is 1. The highest BCUT2D eigenvalue weighted by molar-refractivity contribution is 5.32. The fourth-order valence-electron chi connectivity index (χ4n) is 2.10. The standard InChI is InChI=1S/C18H23NO2/c1-3-5-6-14-7-9-15(10-8-14)21-16-11-12-17(19-13-16)18(20)4-2/h7-13,18,20H,3-6H2,1-2H3/t18-/m1/s1. The van der Waals surface area contributed by atoms with Gasteiger partial charge in [0.25, 0.3) is 0 Å². The van der Waals surface area contributed by atoms with Crippen molar-refractivity contribution < 1.29 is 9.84 Å².